The standard InChI is InChI=1S/C17H25FN4O2/c1-2-24-17(23)21-9-5-13(6-10-21)20-14-7-11-22(12-14)16-15(18)4-3-8-19-16/h3-4,8,13-14,20H,2,5-7,9-12H2,1H3/t14-/m0/s1. The van der Waals surface area contributed by atoms with Crippen molar-refractivity contribution in [2.45, 2.75) is 38.3 Å². The molecule has 3 heterocycles. The molecule has 1 atom stereocenters. The number of rotatable bonds is 4. The fraction of sp³-hybridized carbons (Fsp3) is 0.647. The van der Waals surface area contributed by atoms with E-state index in [9.17, 15) is 9.18 Å². The first-order valence-electron chi connectivity index (χ1n) is 8.70. The largest absolute Gasteiger partial charge is 0.450 e. The Hall–Kier alpha value is -1.89. The number of amides is 1. The zero-order chi connectivity index (χ0) is 16.9. The SMILES string of the molecule is CCOC(=O)N1CCC(N[C@H]2CCN(c3ncccc3F)C2)CC1. The van der Waals surface area contributed by atoms with Crippen LogP contribution in [0.25, 0.3) is 0 Å². The third-order valence-electron chi connectivity index (χ3n) is 4.72. The van der Waals surface area contributed by atoms with Gasteiger partial charge in [-0.15, -0.1) is 0 Å². The van der Waals surface area contributed by atoms with Crippen molar-refractivity contribution >= 4 is 11.9 Å². The number of carbonyl (C=O) groups excluding carboxylic acids is 1. The summed E-state index contributed by atoms with van der Waals surface area (Å²) in [7, 11) is 0. The van der Waals surface area contributed by atoms with Gasteiger partial charge in [-0.05, 0) is 38.3 Å². The second-order valence-electron chi connectivity index (χ2n) is 6.37. The van der Waals surface area contributed by atoms with E-state index >= 15 is 0 Å². The molecule has 2 fully saturated rings. The van der Waals surface area contributed by atoms with E-state index in [0.29, 0.717) is 24.5 Å². The van der Waals surface area contributed by atoms with Crippen LogP contribution in [0.5, 0.6) is 0 Å². The minimum absolute atomic E-state index is 0.214. The van der Waals surface area contributed by atoms with Gasteiger partial charge in [0.1, 0.15) is 0 Å². The van der Waals surface area contributed by atoms with Crippen molar-refractivity contribution < 1.29 is 13.9 Å². The third kappa shape index (κ3) is 3.95. The summed E-state index contributed by atoms with van der Waals surface area (Å²) in [5, 5.41) is 3.66. The molecule has 0 aromatic carbocycles. The molecular weight excluding hydrogens is 311 g/mol. The summed E-state index contributed by atoms with van der Waals surface area (Å²) >= 11 is 0. The molecule has 2 aliphatic heterocycles. The zero-order valence-corrected chi connectivity index (χ0v) is 14.1. The number of nitrogens with one attached hydrogen (secondary N) is 1. The number of hydrogen-bond donors (Lipinski definition) is 1. The van der Waals surface area contributed by atoms with E-state index in [1.54, 1.807) is 17.2 Å². The average molecular weight is 336 g/mol. The van der Waals surface area contributed by atoms with Crippen LogP contribution in [0.3, 0.4) is 0 Å². The number of aromatic nitrogens is 1. The predicted molar refractivity (Wildman–Crippen MR) is 89.6 cm³/mol. The Morgan fingerprint density at radius 1 is 1.33 bits per heavy atom. The van der Waals surface area contributed by atoms with E-state index in [2.05, 4.69) is 10.3 Å². The molecule has 0 unspecified atom stereocenters. The predicted octanol–water partition coefficient (Wildman–Crippen LogP) is 2.01. The smallest absolute Gasteiger partial charge is 0.409 e. The van der Waals surface area contributed by atoms with Crippen molar-refractivity contribution in [1.82, 2.24) is 15.2 Å². The zero-order valence-electron chi connectivity index (χ0n) is 14.1. The fourth-order valence-corrected chi connectivity index (χ4v) is 3.48. The van der Waals surface area contributed by atoms with Gasteiger partial charge in [-0.3, -0.25) is 0 Å². The fourth-order valence-electron chi connectivity index (χ4n) is 3.48. The van der Waals surface area contributed by atoms with Crippen LogP contribution in [-0.2, 0) is 4.74 Å². The second-order valence-corrected chi connectivity index (χ2v) is 6.37. The normalized spacial score (nSPS) is 22.0. The maximum atomic E-state index is 13.8. The maximum Gasteiger partial charge on any atom is 0.409 e. The molecule has 1 aromatic heterocycles. The van der Waals surface area contributed by atoms with Gasteiger partial charge < -0.3 is 19.9 Å². The molecule has 0 spiro atoms. The van der Waals surface area contributed by atoms with Gasteiger partial charge in [-0.2, -0.15) is 0 Å². The van der Waals surface area contributed by atoms with Gasteiger partial charge in [-0.1, -0.05) is 0 Å². The maximum absolute atomic E-state index is 13.8. The Bertz CT molecular complexity index is 563. The highest BCUT2D eigenvalue weighted by Gasteiger charge is 2.29. The molecule has 0 aliphatic carbocycles. The number of ether oxygens (including phenoxy) is 1. The number of carbonyl (C=O) groups is 1. The lowest BCUT2D eigenvalue weighted by atomic mass is 10.0. The van der Waals surface area contributed by atoms with Crippen molar-refractivity contribution in [2.75, 3.05) is 37.7 Å². The number of piperidine rings is 1. The van der Waals surface area contributed by atoms with E-state index in [-0.39, 0.29) is 11.9 Å². The molecule has 132 valence electrons. The number of halogens is 1. The topological polar surface area (TPSA) is 57.7 Å². The molecule has 0 saturated carbocycles. The lowest BCUT2D eigenvalue weighted by Crippen LogP contribution is -2.48. The summed E-state index contributed by atoms with van der Waals surface area (Å²) in [5.74, 6) is 0.180. The van der Waals surface area contributed by atoms with Crippen LogP contribution in [0.4, 0.5) is 15.0 Å². The molecule has 1 amide bonds. The van der Waals surface area contributed by atoms with E-state index in [1.807, 2.05) is 11.8 Å². The van der Waals surface area contributed by atoms with Crippen molar-refractivity contribution in [3.63, 3.8) is 0 Å². The minimum atomic E-state index is -0.263. The van der Waals surface area contributed by atoms with Crippen molar-refractivity contribution in [2.24, 2.45) is 0 Å². The Morgan fingerprint density at radius 3 is 2.79 bits per heavy atom. The van der Waals surface area contributed by atoms with Crippen LogP contribution in [-0.4, -0.2) is 60.8 Å². The van der Waals surface area contributed by atoms with Crippen molar-refractivity contribution in [1.29, 1.82) is 0 Å². The Labute approximate surface area is 142 Å². The van der Waals surface area contributed by atoms with Gasteiger partial charge in [-0.25, -0.2) is 14.2 Å². The molecular formula is C17H25FN4O2. The highest BCUT2D eigenvalue weighted by Crippen LogP contribution is 2.22. The molecule has 0 radical (unpaired) electrons. The molecule has 2 saturated heterocycles. The van der Waals surface area contributed by atoms with Crippen LogP contribution < -0.4 is 10.2 Å². The van der Waals surface area contributed by atoms with Crippen LogP contribution >= 0.6 is 0 Å². The van der Waals surface area contributed by atoms with Crippen LogP contribution in [0.1, 0.15) is 26.2 Å². The molecule has 1 N–H and O–H groups in total. The van der Waals surface area contributed by atoms with Crippen molar-refractivity contribution in [3.8, 4) is 0 Å². The second kappa shape index (κ2) is 7.79. The first-order valence-corrected chi connectivity index (χ1v) is 8.70. The van der Waals surface area contributed by atoms with Gasteiger partial charge in [0.2, 0.25) is 0 Å². The molecule has 24 heavy (non-hydrogen) atoms. The highest BCUT2D eigenvalue weighted by molar-refractivity contribution is 5.67. The summed E-state index contributed by atoms with van der Waals surface area (Å²) in [6.07, 6.45) is 4.24. The van der Waals surface area contributed by atoms with E-state index in [1.165, 1.54) is 6.07 Å². The molecule has 0 bridgehead atoms. The Morgan fingerprint density at radius 2 is 2.08 bits per heavy atom. The number of pyridine rings is 1. The van der Waals surface area contributed by atoms with Crippen LogP contribution in [0.2, 0.25) is 0 Å². The molecule has 7 heteroatoms. The molecule has 3 rings (SSSR count). The van der Waals surface area contributed by atoms with Crippen LogP contribution in [0, 0.1) is 5.82 Å². The van der Waals surface area contributed by atoms with E-state index in [0.717, 1.165) is 45.4 Å². The average Bonchev–Trinajstić information content (AvgIpc) is 3.04. The lowest BCUT2D eigenvalue weighted by molar-refractivity contribution is 0.0944. The monoisotopic (exact) mass is 336 g/mol. The number of anilines is 1. The minimum Gasteiger partial charge on any atom is -0.450 e. The number of nitrogens with zero attached hydrogens (tertiary/aromatic N) is 3. The quantitative estimate of drug-likeness (QED) is 0.911. The van der Waals surface area contributed by atoms with E-state index < -0.39 is 0 Å². The summed E-state index contributed by atoms with van der Waals surface area (Å²) in [6, 6.07) is 3.80. The molecule has 2 aliphatic rings. The Kier molecular flexibility index (Phi) is 5.50. The highest BCUT2D eigenvalue weighted by atomic mass is 19.1. The summed E-state index contributed by atoms with van der Waals surface area (Å²) in [5.41, 5.74) is 0. The molecule has 6 nitrogen and oxygen atoms in total. The Balaban J connectivity index is 1.45. The van der Waals surface area contributed by atoms with Gasteiger partial charge in [0.15, 0.2) is 11.6 Å². The number of hydrogen-bond acceptors (Lipinski definition) is 5. The van der Waals surface area contributed by atoms with Gasteiger partial charge >= 0.3 is 6.09 Å². The first-order chi connectivity index (χ1) is 11.7. The summed E-state index contributed by atoms with van der Waals surface area (Å²) in [6.45, 7) is 5.27. The first kappa shape index (κ1) is 17.0. The summed E-state index contributed by atoms with van der Waals surface area (Å²) < 4.78 is 18.9. The third-order valence-corrected chi connectivity index (χ3v) is 4.72. The summed E-state index contributed by atoms with van der Waals surface area (Å²) in [4.78, 5) is 19.6. The number of likely N-dealkylation sites (tertiary alicyclic amines) is 1. The van der Waals surface area contributed by atoms with Crippen LogP contribution in [0.15, 0.2) is 18.3 Å². The molecule has 1 aromatic rings. The van der Waals surface area contributed by atoms with Gasteiger partial charge in [0, 0.05) is 44.5 Å². The lowest BCUT2D eigenvalue weighted by Gasteiger charge is -2.33. The van der Waals surface area contributed by atoms with Gasteiger partial charge in [0.05, 0.1) is 6.61 Å². The van der Waals surface area contributed by atoms with Gasteiger partial charge in [0.25, 0.3) is 0 Å². The van der Waals surface area contributed by atoms with Crippen molar-refractivity contribution in [3.05, 3.63) is 24.1 Å². The van der Waals surface area contributed by atoms with E-state index in [4.69, 9.17) is 4.74 Å².